The zero-order valence-electron chi connectivity index (χ0n) is 22.5. The van der Waals surface area contributed by atoms with E-state index in [0.29, 0.717) is 22.7 Å². The first kappa shape index (κ1) is 29.1. The maximum Gasteiger partial charge on any atom is 0.294 e. The minimum absolute atomic E-state index is 0.179. The first-order valence-corrected chi connectivity index (χ1v) is 14.0. The lowest BCUT2D eigenvalue weighted by atomic mass is 10.1. The van der Waals surface area contributed by atoms with Gasteiger partial charge in [-0.1, -0.05) is 18.2 Å². The molecule has 0 spiro atoms. The molecule has 0 saturated carbocycles. The number of nitrogens with zero attached hydrogens (tertiary/aromatic N) is 1. The molecule has 40 heavy (non-hydrogen) atoms. The molecule has 3 aromatic carbocycles. The number of thioether (sulfide) groups is 1. The van der Waals surface area contributed by atoms with Crippen molar-refractivity contribution in [3.63, 3.8) is 0 Å². The summed E-state index contributed by atoms with van der Waals surface area (Å²) in [7, 11) is 0. The molecule has 0 unspecified atom stereocenters. The van der Waals surface area contributed by atoms with Crippen molar-refractivity contribution in [2.24, 2.45) is 0 Å². The topological polar surface area (TPSA) is 105 Å². The first-order valence-electron chi connectivity index (χ1n) is 12.4. The average molecular weight is 623 g/mol. The van der Waals surface area contributed by atoms with Gasteiger partial charge in [0.25, 0.3) is 17.1 Å². The fourth-order valence-corrected chi connectivity index (χ4v) is 5.22. The zero-order chi connectivity index (χ0) is 29.0. The van der Waals surface area contributed by atoms with Gasteiger partial charge in [-0.25, -0.2) is 0 Å². The van der Waals surface area contributed by atoms with Gasteiger partial charge in [0.2, 0.25) is 5.91 Å². The molecule has 0 aliphatic carbocycles. The minimum Gasteiger partial charge on any atom is -0.484 e. The Kier molecular flexibility index (Phi) is 9.11. The average Bonchev–Trinajstić information content (AvgIpc) is 3.16. The van der Waals surface area contributed by atoms with Crippen LogP contribution < -0.4 is 15.4 Å². The second-order valence-electron chi connectivity index (χ2n) is 9.44. The van der Waals surface area contributed by atoms with Crippen molar-refractivity contribution < 1.29 is 23.9 Å². The number of ether oxygens (including phenoxy) is 1. The number of aryl methyl sites for hydroxylation is 4. The van der Waals surface area contributed by atoms with Crippen LogP contribution in [0, 0.1) is 27.7 Å². The van der Waals surface area contributed by atoms with Crippen LogP contribution in [-0.4, -0.2) is 41.0 Å². The molecule has 1 saturated heterocycles. The van der Waals surface area contributed by atoms with Gasteiger partial charge in [-0.05, 0) is 126 Å². The Balaban J connectivity index is 1.31. The molecule has 0 aromatic heterocycles. The highest BCUT2D eigenvalue weighted by Crippen LogP contribution is 2.32. The fraction of sp³-hybridized carbons (Fsp3) is 0.200. The monoisotopic (exact) mass is 621 g/mol. The molecule has 3 aromatic rings. The lowest BCUT2D eigenvalue weighted by Gasteiger charge is -2.13. The van der Waals surface area contributed by atoms with E-state index >= 15 is 0 Å². The Morgan fingerprint density at radius 2 is 1.55 bits per heavy atom. The Bertz CT molecular complexity index is 1540. The van der Waals surface area contributed by atoms with Gasteiger partial charge in [0.15, 0.2) is 6.61 Å². The summed E-state index contributed by atoms with van der Waals surface area (Å²) in [6.07, 6.45) is 1.58. The molecule has 2 N–H and O–H groups in total. The van der Waals surface area contributed by atoms with Crippen LogP contribution in [0.5, 0.6) is 5.75 Å². The molecular weight excluding hydrogens is 594 g/mol. The number of carbonyl (C=O) groups is 4. The summed E-state index contributed by atoms with van der Waals surface area (Å²) in [5.41, 5.74) is 6.24. The van der Waals surface area contributed by atoms with E-state index in [1.807, 2.05) is 52.0 Å². The lowest BCUT2D eigenvalue weighted by molar-refractivity contribution is -0.127. The van der Waals surface area contributed by atoms with E-state index in [1.165, 1.54) is 0 Å². The molecule has 1 aliphatic rings. The van der Waals surface area contributed by atoms with E-state index in [2.05, 4.69) is 26.6 Å². The third-order valence-electron chi connectivity index (χ3n) is 6.37. The molecule has 0 bridgehead atoms. The summed E-state index contributed by atoms with van der Waals surface area (Å²) >= 11 is 4.24. The van der Waals surface area contributed by atoms with Crippen LogP contribution in [0.25, 0.3) is 6.08 Å². The smallest absolute Gasteiger partial charge is 0.294 e. The second kappa shape index (κ2) is 12.5. The van der Waals surface area contributed by atoms with Crippen LogP contribution >= 0.6 is 27.7 Å². The number of carbonyl (C=O) groups excluding carboxylic acids is 4. The van der Waals surface area contributed by atoms with Crippen molar-refractivity contribution in [1.82, 2.24) is 4.90 Å². The number of hydrogen-bond acceptors (Lipinski definition) is 6. The standard InChI is InChI=1S/C30H28BrN3O5S/c1-17-5-8-22(11-18(17)2)32-27(35)15-34-29(37)26(40-30(34)38)14-21-6-9-23(10-7-21)39-16-28(36)33-25-13-20(4)19(3)12-24(25)31/h5-14H,15-16H2,1-4H3,(H,32,35)(H,33,36)/b26-14+. The molecule has 206 valence electrons. The van der Waals surface area contributed by atoms with Gasteiger partial charge < -0.3 is 15.4 Å². The highest BCUT2D eigenvalue weighted by atomic mass is 79.9. The Labute approximate surface area is 245 Å². The molecule has 1 aliphatic heterocycles. The van der Waals surface area contributed by atoms with Crippen LogP contribution in [0.2, 0.25) is 0 Å². The van der Waals surface area contributed by atoms with Gasteiger partial charge in [-0.2, -0.15) is 0 Å². The third-order valence-corrected chi connectivity index (χ3v) is 7.93. The Morgan fingerprint density at radius 3 is 2.25 bits per heavy atom. The SMILES string of the molecule is Cc1ccc(NC(=O)CN2C(=O)S/C(=C/c3ccc(OCC(=O)Nc4cc(C)c(C)cc4Br)cc3)C2=O)cc1C. The molecule has 4 rings (SSSR count). The number of nitrogens with one attached hydrogen (secondary N) is 2. The van der Waals surface area contributed by atoms with E-state index in [4.69, 9.17) is 4.74 Å². The number of amides is 4. The maximum atomic E-state index is 12.8. The normalized spacial score (nSPS) is 14.0. The van der Waals surface area contributed by atoms with Gasteiger partial charge >= 0.3 is 0 Å². The number of anilines is 2. The van der Waals surface area contributed by atoms with Crippen LogP contribution in [0.4, 0.5) is 16.2 Å². The van der Waals surface area contributed by atoms with Gasteiger partial charge in [-0.15, -0.1) is 0 Å². The third kappa shape index (κ3) is 7.19. The number of rotatable bonds is 8. The Hall–Kier alpha value is -3.89. The highest BCUT2D eigenvalue weighted by molar-refractivity contribution is 9.10. The summed E-state index contributed by atoms with van der Waals surface area (Å²) in [4.78, 5) is 51.3. The van der Waals surface area contributed by atoms with Crippen molar-refractivity contribution in [2.75, 3.05) is 23.8 Å². The van der Waals surface area contributed by atoms with E-state index < -0.39 is 17.1 Å². The van der Waals surface area contributed by atoms with E-state index in [-0.39, 0.29) is 24.0 Å². The number of hydrogen-bond donors (Lipinski definition) is 2. The molecule has 0 atom stereocenters. The molecule has 8 nitrogen and oxygen atoms in total. The summed E-state index contributed by atoms with van der Waals surface area (Å²) < 4.78 is 6.38. The molecule has 10 heteroatoms. The van der Waals surface area contributed by atoms with Gasteiger partial charge in [0, 0.05) is 10.2 Å². The van der Waals surface area contributed by atoms with Crippen LogP contribution in [0.15, 0.2) is 64.0 Å². The predicted octanol–water partition coefficient (Wildman–Crippen LogP) is 6.38. The number of benzene rings is 3. The van der Waals surface area contributed by atoms with Crippen molar-refractivity contribution >= 4 is 68.1 Å². The second-order valence-corrected chi connectivity index (χ2v) is 11.3. The first-order chi connectivity index (χ1) is 19.0. The summed E-state index contributed by atoms with van der Waals surface area (Å²) in [6, 6.07) is 16.1. The molecule has 4 amide bonds. The lowest BCUT2D eigenvalue weighted by Crippen LogP contribution is -2.36. The zero-order valence-corrected chi connectivity index (χ0v) is 24.9. The van der Waals surface area contributed by atoms with Crippen molar-refractivity contribution in [1.29, 1.82) is 0 Å². The molecule has 1 fully saturated rings. The van der Waals surface area contributed by atoms with Crippen molar-refractivity contribution in [3.05, 3.63) is 91.8 Å². The van der Waals surface area contributed by atoms with Crippen molar-refractivity contribution in [3.8, 4) is 5.75 Å². The van der Waals surface area contributed by atoms with Crippen molar-refractivity contribution in [2.45, 2.75) is 27.7 Å². The fourth-order valence-electron chi connectivity index (χ4n) is 3.82. The highest BCUT2D eigenvalue weighted by Gasteiger charge is 2.36. The van der Waals surface area contributed by atoms with E-state index in [9.17, 15) is 19.2 Å². The molecule has 0 radical (unpaired) electrons. The minimum atomic E-state index is -0.528. The summed E-state index contributed by atoms with van der Waals surface area (Å²) in [6.45, 7) is 7.33. The molecule has 1 heterocycles. The summed E-state index contributed by atoms with van der Waals surface area (Å²) in [5.74, 6) is -0.812. The summed E-state index contributed by atoms with van der Waals surface area (Å²) in [5, 5.41) is 5.05. The van der Waals surface area contributed by atoms with Gasteiger partial charge in [-0.3, -0.25) is 24.1 Å². The quantitative estimate of drug-likeness (QED) is 0.283. The maximum absolute atomic E-state index is 12.8. The Morgan fingerprint density at radius 1 is 0.875 bits per heavy atom. The van der Waals surface area contributed by atoms with Gasteiger partial charge in [0.05, 0.1) is 10.6 Å². The van der Waals surface area contributed by atoms with Crippen LogP contribution in [0.3, 0.4) is 0 Å². The predicted molar refractivity (Wildman–Crippen MR) is 161 cm³/mol. The molecular formula is C30H28BrN3O5S. The van der Waals surface area contributed by atoms with Gasteiger partial charge in [0.1, 0.15) is 12.3 Å². The number of halogens is 1. The van der Waals surface area contributed by atoms with Crippen LogP contribution in [-0.2, 0) is 14.4 Å². The van der Waals surface area contributed by atoms with E-state index in [0.717, 1.165) is 43.4 Å². The number of imide groups is 1. The van der Waals surface area contributed by atoms with Crippen LogP contribution in [0.1, 0.15) is 27.8 Å². The largest absolute Gasteiger partial charge is 0.484 e. The van der Waals surface area contributed by atoms with E-state index in [1.54, 1.807) is 36.4 Å².